The van der Waals surface area contributed by atoms with E-state index < -0.39 is 0 Å². The number of piperazine rings is 1. The number of fused-ring (bicyclic) bond motifs is 1. The lowest BCUT2D eigenvalue weighted by Crippen LogP contribution is -2.46. The molecule has 3 aromatic rings. The van der Waals surface area contributed by atoms with Gasteiger partial charge in [-0.3, -0.25) is 9.69 Å². The summed E-state index contributed by atoms with van der Waals surface area (Å²) in [6, 6.07) is 22.0. The molecule has 4 rings (SSSR count). The van der Waals surface area contributed by atoms with Gasteiger partial charge in [-0.2, -0.15) is 0 Å². The Bertz CT molecular complexity index is 1040. The van der Waals surface area contributed by atoms with Crippen molar-refractivity contribution >= 4 is 40.5 Å². The van der Waals surface area contributed by atoms with Crippen LogP contribution >= 0.6 is 12.4 Å². The van der Waals surface area contributed by atoms with Crippen molar-refractivity contribution in [2.75, 3.05) is 49.6 Å². The second kappa shape index (κ2) is 11.9. The monoisotopic (exact) mass is 467 g/mol. The Balaban J connectivity index is 0.00000306. The van der Waals surface area contributed by atoms with Crippen LogP contribution in [0.25, 0.3) is 10.8 Å². The minimum absolute atomic E-state index is 0. The first-order chi connectivity index (χ1) is 15.6. The molecule has 1 aliphatic heterocycles. The molecule has 0 bridgehead atoms. The van der Waals surface area contributed by atoms with E-state index in [1.54, 1.807) is 30.1 Å². The molecule has 1 aliphatic rings. The molecular formula is C27H34ClN3O2. The van der Waals surface area contributed by atoms with Crippen molar-refractivity contribution in [2.24, 2.45) is 0 Å². The fourth-order valence-corrected chi connectivity index (χ4v) is 4.50. The second-order valence-corrected chi connectivity index (χ2v) is 8.61. The van der Waals surface area contributed by atoms with Crippen LogP contribution in [0.2, 0.25) is 0 Å². The van der Waals surface area contributed by atoms with Crippen LogP contribution in [-0.4, -0.2) is 55.7 Å². The van der Waals surface area contributed by atoms with Crippen LogP contribution in [0.4, 0.5) is 11.4 Å². The molecule has 5 nitrogen and oxygen atoms in total. The zero-order valence-corrected chi connectivity index (χ0v) is 20.1. The number of nitrogens with zero attached hydrogens (tertiary/aromatic N) is 3. The summed E-state index contributed by atoms with van der Waals surface area (Å²) in [6.07, 6.45) is 3.62. The highest BCUT2D eigenvalue weighted by molar-refractivity contribution is 5.94. The van der Waals surface area contributed by atoms with Crippen LogP contribution in [-0.2, 0) is 4.79 Å². The molecule has 6 heteroatoms. The fourth-order valence-electron chi connectivity index (χ4n) is 4.50. The third-order valence-corrected chi connectivity index (χ3v) is 6.44. The second-order valence-electron chi connectivity index (χ2n) is 8.61. The van der Waals surface area contributed by atoms with Gasteiger partial charge in [0.05, 0.1) is 0 Å². The van der Waals surface area contributed by atoms with Gasteiger partial charge in [0.1, 0.15) is 5.75 Å². The summed E-state index contributed by atoms with van der Waals surface area (Å²) in [5, 5.41) is 12.2. The Morgan fingerprint density at radius 1 is 0.909 bits per heavy atom. The van der Waals surface area contributed by atoms with Crippen LogP contribution in [0.1, 0.15) is 25.7 Å². The predicted molar refractivity (Wildman–Crippen MR) is 140 cm³/mol. The van der Waals surface area contributed by atoms with Crippen LogP contribution < -0.4 is 9.80 Å². The molecular weight excluding hydrogens is 434 g/mol. The maximum Gasteiger partial charge on any atom is 0.226 e. The first-order valence-electron chi connectivity index (χ1n) is 11.6. The molecule has 1 N–H and O–H groups in total. The molecule has 0 saturated carbocycles. The van der Waals surface area contributed by atoms with E-state index in [1.807, 2.05) is 6.07 Å². The molecule has 1 heterocycles. The number of unbranched alkanes of at least 4 members (excludes halogenated alkanes) is 2. The average molecular weight is 468 g/mol. The van der Waals surface area contributed by atoms with E-state index in [9.17, 15) is 9.90 Å². The highest BCUT2D eigenvalue weighted by Crippen LogP contribution is 2.27. The molecule has 1 amide bonds. The van der Waals surface area contributed by atoms with Gasteiger partial charge in [0.15, 0.2) is 0 Å². The smallest absolute Gasteiger partial charge is 0.226 e. The maximum absolute atomic E-state index is 12.4. The standard InChI is InChI=1S/C27H33N3O2.ClH/c1-28(23-11-8-12-24(31)21-23)27(32)15-3-2-6-16-29-17-19-30(20-18-29)26-14-7-10-22-9-4-5-13-25(22)26;/h4-5,7-14,21,31H,2-3,6,15-20H2,1H3;1H. The number of benzene rings is 3. The molecule has 1 saturated heterocycles. The van der Waals surface area contributed by atoms with Gasteiger partial charge in [-0.05, 0) is 43.0 Å². The Kier molecular flexibility index (Phi) is 8.98. The Hall–Kier alpha value is -2.76. The van der Waals surface area contributed by atoms with Gasteiger partial charge in [-0.25, -0.2) is 0 Å². The third kappa shape index (κ3) is 6.40. The van der Waals surface area contributed by atoms with Crippen molar-refractivity contribution in [2.45, 2.75) is 25.7 Å². The number of hydrogen-bond acceptors (Lipinski definition) is 4. The van der Waals surface area contributed by atoms with E-state index in [0.29, 0.717) is 6.42 Å². The maximum atomic E-state index is 12.4. The molecule has 0 atom stereocenters. The van der Waals surface area contributed by atoms with Crippen molar-refractivity contribution < 1.29 is 9.90 Å². The lowest BCUT2D eigenvalue weighted by Gasteiger charge is -2.36. The van der Waals surface area contributed by atoms with Crippen molar-refractivity contribution in [1.82, 2.24) is 4.90 Å². The summed E-state index contributed by atoms with van der Waals surface area (Å²) in [5.41, 5.74) is 2.08. The van der Waals surface area contributed by atoms with Gasteiger partial charge in [-0.1, -0.05) is 48.9 Å². The number of halogens is 1. The number of amides is 1. The topological polar surface area (TPSA) is 47.0 Å². The van der Waals surface area contributed by atoms with Crippen LogP contribution in [0.15, 0.2) is 66.7 Å². The lowest BCUT2D eigenvalue weighted by molar-refractivity contribution is -0.118. The first kappa shape index (κ1) is 24.9. The summed E-state index contributed by atoms with van der Waals surface area (Å²) in [6.45, 7) is 5.38. The highest BCUT2D eigenvalue weighted by atomic mass is 35.5. The summed E-state index contributed by atoms with van der Waals surface area (Å²) in [5.74, 6) is 0.280. The molecule has 0 aliphatic carbocycles. The Morgan fingerprint density at radius 3 is 2.42 bits per heavy atom. The van der Waals surface area contributed by atoms with Gasteiger partial charge < -0.3 is 14.9 Å². The fraction of sp³-hybridized carbons (Fsp3) is 0.370. The molecule has 1 fully saturated rings. The zero-order valence-electron chi connectivity index (χ0n) is 19.3. The normalized spacial score (nSPS) is 14.2. The van der Waals surface area contributed by atoms with Gasteiger partial charge >= 0.3 is 0 Å². The molecule has 0 spiro atoms. The van der Waals surface area contributed by atoms with Crippen LogP contribution in [0.5, 0.6) is 5.75 Å². The lowest BCUT2D eigenvalue weighted by atomic mass is 10.1. The Morgan fingerprint density at radius 2 is 1.64 bits per heavy atom. The van der Waals surface area contributed by atoms with Crippen LogP contribution in [0.3, 0.4) is 0 Å². The van der Waals surface area contributed by atoms with E-state index in [0.717, 1.165) is 57.7 Å². The molecule has 33 heavy (non-hydrogen) atoms. The molecule has 0 radical (unpaired) electrons. The molecule has 3 aromatic carbocycles. The van der Waals surface area contributed by atoms with E-state index >= 15 is 0 Å². The van der Waals surface area contributed by atoms with Crippen molar-refractivity contribution in [3.05, 3.63) is 66.7 Å². The quantitative estimate of drug-likeness (QED) is 0.456. The number of anilines is 2. The number of carbonyl (C=O) groups excluding carboxylic acids is 1. The number of aromatic hydroxyl groups is 1. The van der Waals surface area contributed by atoms with E-state index in [-0.39, 0.29) is 24.1 Å². The average Bonchev–Trinajstić information content (AvgIpc) is 2.83. The zero-order chi connectivity index (χ0) is 22.3. The van der Waals surface area contributed by atoms with Gasteiger partial charge in [0.25, 0.3) is 0 Å². The molecule has 176 valence electrons. The summed E-state index contributed by atoms with van der Waals surface area (Å²) >= 11 is 0. The third-order valence-electron chi connectivity index (χ3n) is 6.44. The van der Waals surface area contributed by atoms with Gasteiger partial charge in [0, 0.05) is 62.5 Å². The molecule has 0 unspecified atom stereocenters. The van der Waals surface area contributed by atoms with Crippen molar-refractivity contribution in [3.8, 4) is 5.75 Å². The SMILES string of the molecule is CN(C(=O)CCCCCN1CCN(c2cccc3ccccc23)CC1)c1cccc(O)c1.Cl. The predicted octanol–water partition coefficient (Wildman–Crippen LogP) is 5.31. The first-order valence-corrected chi connectivity index (χ1v) is 11.6. The number of phenolic OH excluding ortho intramolecular Hbond substituents is 1. The van der Waals surface area contributed by atoms with Crippen molar-refractivity contribution in [3.63, 3.8) is 0 Å². The summed E-state index contributed by atoms with van der Waals surface area (Å²) < 4.78 is 0. The number of phenols is 1. The summed E-state index contributed by atoms with van der Waals surface area (Å²) in [7, 11) is 1.77. The molecule has 0 aromatic heterocycles. The van der Waals surface area contributed by atoms with E-state index in [1.165, 1.54) is 16.5 Å². The van der Waals surface area contributed by atoms with Gasteiger partial charge in [-0.15, -0.1) is 12.4 Å². The summed E-state index contributed by atoms with van der Waals surface area (Å²) in [4.78, 5) is 19.1. The number of rotatable bonds is 8. The number of hydrogen-bond donors (Lipinski definition) is 1. The van der Waals surface area contributed by atoms with Gasteiger partial charge in [0.2, 0.25) is 5.91 Å². The highest BCUT2D eigenvalue weighted by Gasteiger charge is 2.18. The minimum Gasteiger partial charge on any atom is -0.508 e. The largest absolute Gasteiger partial charge is 0.508 e. The minimum atomic E-state index is 0. The van der Waals surface area contributed by atoms with E-state index in [4.69, 9.17) is 0 Å². The number of carbonyl (C=O) groups is 1. The Labute approximate surface area is 203 Å². The van der Waals surface area contributed by atoms with E-state index in [2.05, 4.69) is 52.3 Å². The van der Waals surface area contributed by atoms with Crippen molar-refractivity contribution in [1.29, 1.82) is 0 Å². The van der Waals surface area contributed by atoms with Crippen LogP contribution in [0, 0.1) is 0 Å².